The SMILES string of the molecule is O=C(O)C=CC(=O)O.O=c1[nH]c2ccccc2n1C1CCN(CC2CCC(c3ccc(F)cc3)O2)CC1. The van der Waals surface area contributed by atoms with Crippen molar-refractivity contribution in [3.8, 4) is 0 Å². The summed E-state index contributed by atoms with van der Waals surface area (Å²) in [6.45, 7) is 2.86. The van der Waals surface area contributed by atoms with Gasteiger partial charge in [0.25, 0.3) is 0 Å². The number of nitrogens with zero attached hydrogens (tertiary/aromatic N) is 2. The number of para-hydroxylation sites is 2. The Morgan fingerprint density at radius 3 is 2.27 bits per heavy atom. The Balaban J connectivity index is 0.000000349. The lowest BCUT2D eigenvalue weighted by atomic mass is 10.0. The highest BCUT2D eigenvalue weighted by Gasteiger charge is 2.30. The number of aromatic nitrogens is 2. The number of H-pyrrole nitrogens is 1. The molecule has 0 radical (unpaired) electrons. The Hall–Kier alpha value is -3.76. The highest BCUT2D eigenvalue weighted by Crippen LogP contribution is 2.34. The largest absolute Gasteiger partial charge is 0.478 e. The van der Waals surface area contributed by atoms with Crippen LogP contribution in [0.3, 0.4) is 0 Å². The van der Waals surface area contributed by atoms with Crippen molar-refractivity contribution in [2.24, 2.45) is 0 Å². The molecule has 2 aliphatic rings. The number of aliphatic carboxylic acids is 2. The Kier molecular flexibility index (Phi) is 8.52. The minimum atomic E-state index is -1.26. The fourth-order valence-electron chi connectivity index (χ4n) is 4.99. The molecule has 9 nitrogen and oxygen atoms in total. The number of imidazole rings is 1. The number of aromatic amines is 1. The first-order chi connectivity index (χ1) is 17.8. The second-order valence-corrected chi connectivity index (χ2v) is 9.23. The molecule has 196 valence electrons. The predicted molar refractivity (Wildman–Crippen MR) is 135 cm³/mol. The standard InChI is InChI=1S/C23H26FN3O2.C4H4O4/c24-17-7-5-16(6-8-17)22-10-9-19(29-22)15-26-13-11-18(12-14-26)27-21-4-2-1-3-20(21)25-23(27)28;5-3(6)1-2-4(7)8/h1-8,18-19,22H,9-15H2,(H,25,28);1-2H,(H,5,6)(H,7,8). The summed E-state index contributed by atoms with van der Waals surface area (Å²) in [7, 11) is 0. The number of fused-ring (bicyclic) bond motifs is 1. The molecule has 3 heterocycles. The third-order valence-electron chi connectivity index (χ3n) is 6.73. The van der Waals surface area contributed by atoms with Crippen molar-refractivity contribution in [3.63, 3.8) is 0 Å². The maximum absolute atomic E-state index is 13.1. The second kappa shape index (κ2) is 12.0. The summed E-state index contributed by atoms with van der Waals surface area (Å²) in [5, 5.41) is 15.6. The molecule has 2 atom stereocenters. The van der Waals surface area contributed by atoms with E-state index in [1.165, 1.54) is 12.1 Å². The minimum Gasteiger partial charge on any atom is -0.478 e. The molecule has 2 aliphatic heterocycles. The molecule has 0 saturated carbocycles. The minimum absolute atomic E-state index is 0.00841. The number of hydrogen-bond donors (Lipinski definition) is 3. The Bertz CT molecular complexity index is 1290. The van der Waals surface area contributed by atoms with E-state index in [4.69, 9.17) is 14.9 Å². The topological polar surface area (TPSA) is 125 Å². The lowest BCUT2D eigenvalue weighted by molar-refractivity contribution is -0.134. The van der Waals surface area contributed by atoms with E-state index < -0.39 is 11.9 Å². The van der Waals surface area contributed by atoms with Gasteiger partial charge in [-0.2, -0.15) is 0 Å². The van der Waals surface area contributed by atoms with Crippen LogP contribution in [0.4, 0.5) is 4.39 Å². The number of nitrogens with one attached hydrogen (secondary N) is 1. The number of rotatable bonds is 6. The van der Waals surface area contributed by atoms with Gasteiger partial charge in [0.1, 0.15) is 5.82 Å². The average molecular weight is 512 g/mol. The fraction of sp³-hybridized carbons (Fsp3) is 0.370. The molecule has 1 aromatic heterocycles. The van der Waals surface area contributed by atoms with Crippen LogP contribution in [0.5, 0.6) is 0 Å². The summed E-state index contributed by atoms with van der Waals surface area (Å²) in [5.41, 5.74) is 2.96. The molecular formula is C27H30FN3O6. The van der Waals surface area contributed by atoms with Crippen LogP contribution in [0.2, 0.25) is 0 Å². The van der Waals surface area contributed by atoms with Gasteiger partial charge < -0.3 is 24.8 Å². The number of piperidine rings is 1. The summed E-state index contributed by atoms with van der Waals surface area (Å²) in [4.78, 5) is 37.0. The Morgan fingerprint density at radius 2 is 1.62 bits per heavy atom. The lowest BCUT2D eigenvalue weighted by Gasteiger charge is -2.33. The van der Waals surface area contributed by atoms with Crippen molar-refractivity contribution >= 4 is 23.0 Å². The third kappa shape index (κ3) is 6.93. The Labute approximate surface area is 212 Å². The zero-order chi connectivity index (χ0) is 26.4. The Morgan fingerprint density at radius 1 is 0.973 bits per heavy atom. The molecule has 0 bridgehead atoms. The molecule has 10 heteroatoms. The molecule has 37 heavy (non-hydrogen) atoms. The third-order valence-corrected chi connectivity index (χ3v) is 6.73. The van der Waals surface area contributed by atoms with E-state index in [-0.39, 0.29) is 29.8 Å². The van der Waals surface area contributed by atoms with Crippen LogP contribution in [0.25, 0.3) is 11.0 Å². The number of benzene rings is 2. The average Bonchev–Trinajstić information content (AvgIpc) is 3.48. The van der Waals surface area contributed by atoms with Crippen molar-refractivity contribution in [1.82, 2.24) is 14.5 Å². The highest BCUT2D eigenvalue weighted by molar-refractivity contribution is 5.89. The molecule has 3 aromatic rings. The molecular weight excluding hydrogens is 481 g/mol. The van der Waals surface area contributed by atoms with E-state index in [1.54, 1.807) is 0 Å². The number of likely N-dealkylation sites (tertiary alicyclic amines) is 1. The van der Waals surface area contributed by atoms with Gasteiger partial charge in [-0.05, 0) is 55.5 Å². The molecule has 2 fully saturated rings. The van der Waals surface area contributed by atoms with Gasteiger partial charge in [0, 0.05) is 37.8 Å². The van der Waals surface area contributed by atoms with Crippen LogP contribution < -0.4 is 5.69 Å². The van der Waals surface area contributed by atoms with Gasteiger partial charge in [-0.1, -0.05) is 24.3 Å². The normalized spacial score (nSPS) is 20.7. The maximum atomic E-state index is 13.1. The number of carboxylic acids is 2. The molecule has 3 N–H and O–H groups in total. The highest BCUT2D eigenvalue weighted by atomic mass is 19.1. The van der Waals surface area contributed by atoms with Gasteiger partial charge in [-0.25, -0.2) is 18.8 Å². The first-order valence-electron chi connectivity index (χ1n) is 12.3. The van der Waals surface area contributed by atoms with Gasteiger partial charge in [0.05, 0.1) is 23.2 Å². The van der Waals surface area contributed by atoms with E-state index in [9.17, 15) is 18.8 Å². The number of halogens is 1. The first kappa shape index (κ1) is 26.3. The van der Waals surface area contributed by atoms with E-state index in [2.05, 4.69) is 9.88 Å². The van der Waals surface area contributed by atoms with Crippen LogP contribution in [0.15, 0.2) is 65.5 Å². The van der Waals surface area contributed by atoms with E-state index >= 15 is 0 Å². The van der Waals surface area contributed by atoms with Gasteiger partial charge in [0.2, 0.25) is 0 Å². The zero-order valence-electron chi connectivity index (χ0n) is 20.3. The summed E-state index contributed by atoms with van der Waals surface area (Å²) in [6.07, 6.45) is 5.36. The summed E-state index contributed by atoms with van der Waals surface area (Å²) < 4.78 is 21.3. The summed E-state index contributed by atoms with van der Waals surface area (Å²) in [5.74, 6) is -2.72. The van der Waals surface area contributed by atoms with E-state index in [1.807, 2.05) is 41.0 Å². The van der Waals surface area contributed by atoms with Crippen LogP contribution in [-0.2, 0) is 14.3 Å². The van der Waals surface area contributed by atoms with Crippen molar-refractivity contribution in [3.05, 3.63) is 82.5 Å². The second-order valence-electron chi connectivity index (χ2n) is 9.23. The van der Waals surface area contributed by atoms with Gasteiger partial charge in [0.15, 0.2) is 0 Å². The molecule has 5 rings (SSSR count). The van der Waals surface area contributed by atoms with Gasteiger partial charge >= 0.3 is 17.6 Å². The number of carbonyl (C=O) groups is 2. The zero-order valence-corrected chi connectivity index (χ0v) is 20.3. The van der Waals surface area contributed by atoms with Crippen LogP contribution in [0.1, 0.15) is 43.4 Å². The summed E-state index contributed by atoms with van der Waals surface area (Å²) >= 11 is 0. The maximum Gasteiger partial charge on any atom is 0.328 e. The predicted octanol–water partition coefficient (Wildman–Crippen LogP) is 3.74. The summed E-state index contributed by atoms with van der Waals surface area (Å²) in [6, 6.07) is 14.8. The van der Waals surface area contributed by atoms with E-state index in [0.717, 1.165) is 61.9 Å². The number of hydrogen-bond acceptors (Lipinski definition) is 5. The van der Waals surface area contributed by atoms with Crippen molar-refractivity contribution in [2.75, 3.05) is 19.6 Å². The van der Waals surface area contributed by atoms with Crippen molar-refractivity contribution in [2.45, 2.75) is 43.9 Å². The van der Waals surface area contributed by atoms with Crippen LogP contribution in [0, 0.1) is 5.82 Å². The molecule has 0 amide bonds. The van der Waals surface area contributed by atoms with Crippen molar-refractivity contribution < 1.29 is 28.9 Å². The first-order valence-corrected chi connectivity index (χ1v) is 12.3. The molecule has 2 aromatic carbocycles. The van der Waals surface area contributed by atoms with Crippen LogP contribution >= 0.6 is 0 Å². The molecule has 2 saturated heterocycles. The van der Waals surface area contributed by atoms with Crippen LogP contribution in [-0.4, -0.2) is 62.3 Å². The monoisotopic (exact) mass is 511 g/mol. The van der Waals surface area contributed by atoms with Gasteiger partial charge in [-0.3, -0.25) is 4.57 Å². The molecule has 2 unspecified atom stereocenters. The fourth-order valence-corrected chi connectivity index (χ4v) is 4.99. The quantitative estimate of drug-likeness (QED) is 0.431. The number of carboxylic acid groups (broad SMARTS) is 2. The van der Waals surface area contributed by atoms with Gasteiger partial charge in [-0.15, -0.1) is 0 Å². The van der Waals surface area contributed by atoms with Crippen molar-refractivity contribution in [1.29, 1.82) is 0 Å². The molecule has 0 spiro atoms. The number of ether oxygens (including phenoxy) is 1. The molecule has 0 aliphatic carbocycles. The lowest BCUT2D eigenvalue weighted by Crippen LogP contribution is -2.40. The smallest absolute Gasteiger partial charge is 0.328 e. The van der Waals surface area contributed by atoms with E-state index in [0.29, 0.717) is 12.2 Å².